The molecule has 0 N–H and O–H groups in total. The van der Waals surface area contributed by atoms with Gasteiger partial charge in [0.15, 0.2) is 0 Å². The number of ether oxygens (including phenoxy) is 2. The minimum absolute atomic E-state index is 0.152. The number of nitrogens with zero attached hydrogens (tertiary/aromatic N) is 5. The standard InChI is InChI=1S/C17H19N5O3/c1-12-3-6-20-16(21-12)25-11-17-9-22(7-13(17)8-24-10-17)15(23)14-18-4-2-5-19-14/h2-6,13H,7-11H2,1H3/t13-,17+/m0/s1. The smallest absolute Gasteiger partial charge is 0.316 e. The summed E-state index contributed by atoms with van der Waals surface area (Å²) in [5.74, 6) is 0.299. The number of aromatic nitrogens is 4. The molecule has 2 aromatic rings. The van der Waals surface area contributed by atoms with Crippen LogP contribution in [0, 0.1) is 18.3 Å². The number of hydrogen-bond donors (Lipinski definition) is 0. The van der Waals surface area contributed by atoms with Crippen LogP contribution in [0.4, 0.5) is 0 Å². The fourth-order valence-electron chi connectivity index (χ4n) is 3.45. The molecule has 0 aromatic carbocycles. The monoisotopic (exact) mass is 341 g/mol. The highest BCUT2D eigenvalue weighted by atomic mass is 16.5. The molecule has 130 valence electrons. The highest BCUT2D eigenvalue weighted by Gasteiger charge is 2.53. The quantitative estimate of drug-likeness (QED) is 0.810. The molecule has 0 unspecified atom stereocenters. The molecule has 0 radical (unpaired) electrons. The molecule has 0 spiro atoms. The number of carbonyl (C=O) groups excluding carboxylic acids is 1. The van der Waals surface area contributed by atoms with E-state index in [9.17, 15) is 4.79 Å². The highest BCUT2D eigenvalue weighted by Crippen LogP contribution is 2.41. The Labute approximate surface area is 145 Å². The molecule has 0 aliphatic carbocycles. The van der Waals surface area contributed by atoms with Crippen LogP contribution in [0.5, 0.6) is 6.01 Å². The number of amides is 1. The van der Waals surface area contributed by atoms with Crippen LogP contribution < -0.4 is 4.74 Å². The molecule has 2 atom stereocenters. The van der Waals surface area contributed by atoms with Crippen LogP contribution >= 0.6 is 0 Å². The second-order valence-electron chi connectivity index (χ2n) is 6.60. The first-order chi connectivity index (χ1) is 12.2. The normalized spacial score (nSPS) is 25.0. The second kappa shape index (κ2) is 6.36. The molecule has 2 aliphatic heterocycles. The summed E-state index contributed by atoms with van der Waals surface area (Å²) in [6, 6.07) is 3.87. The SMILES string of the molecule is Cc1ccnc(OC[C@@]23COC[C@@H]2CN(C(=O)c2ncccn2)C3)n1. The summed E-state index contributed by atoms with van der Waals surface area (Å²) in [5.41, 5.74) is 0.614. The molecule has 4 rings (SSSR count). The summed E-state index contributed by atoms with van der Waals surface area (Å²) in [7, 11) is 0. The molecule has 2 fully saturated rings. The summed E-state index contributed by atoms with van der Waals surface area (Å²) >= 11 is 0. The molecular weight excluding hydrogens is 322 g/mol. The Morgan fingerprint density at radius 1 is 1.36 bits per heavy atom. The number of carbonyl (C=O) groups is 1. The molecule has 8 heteroatoms. The third-order valence-electron chi connectivity index (χ3n) is 4.83. The molecule has 2 aliphatic rings. The van der Waals surface area contributed by atoms with Crippen molar-refractivity contribution in [2.24, 2.45) is 11.3 Å². The lowest BCUT2D eigenvalue weighted by Gasteiger charge is -2.26. The molecular formula is C17H19N5O3. The Kier molecular flexibility index (Phi) is 4.04. The van der Waals surface area contributed by atoms with Gasteiger partial charge in [-0.1, -0.05) is 0 Å². The average molecular weight is 341 g/mol. The van der Waals surface area contributed by atoms with Crippen molar-refractivity contribution in [3.8, 4) is 6.01 Å². The van der Waals surface area contributed by atoms with Crippen molar-refractivity contribution >= 4 is 5.91 Å². The van der Waals surface area contributed by atoms with Gasteiger partial charge in [-0.05, 0) is 19.1 Å². The van der Waals surface area contributed by atoms with E-state index in [1.54, 1.807) is 29.6 Å². The van der Waals surface area contributed by atoms with Gasteiger partial charge in [0.1, 0.15) is 6.61 Å². The van der Waals surface area contributed by atoms with Crippen molar-refractivity contribution in [1.82, 2.24) is 24.8 Å². The third-order valence-corrected chi connectivity index (χ3v) is 4.83. The maximum absolute atomic E-state index is 12.6. The maximum atomic E-state index is 12.6. The van der Waals surface area contributed by atoms with Gasteiger partial charge < -0.3 is 14.4 Å². The Morgan fingerprint density at radius 3 is 3.00 bits per heavy atom. The molecule has 2 saturated heterocycles. The van der Waals surface area contributed by atoms with E-state index in [2.05, 4.69) is 19.9 Å². The highest BCUT2D eigenvalue weighted by molar-refractivity contribution is 5.90. The van der Waals surface area contributed by atoms with Crippen molar-refractivity contribution in [2.75, 3.05) is 32.9 Å². The van der Waals surface area contributed by atoms with E-state index >= 15 is 0 Å². The average Bonchev–Trinajstić information content (AvgIpc) is 3.17. The number of likely N-dealkylation sites (tertiary alicyclic amines) is 1. The number of rotatable bonds is 4. The molecule has 25 heavy (non-hydrogen) atoms. The van der Waals surface area contributed by atoms with Gasteiger partial charge in [0.05, 0.1) is 18.6 Å². The van der Waals surface area contributed by atoms with Gasteiger partial charge in [-0.3, -0.25) is 4.79 Å². The van der Waals surface area contributed by atoms with Crippen LogP contribution in [0.15, 0.2) is 30.7 Å². The summed E-state index contributed by atoms with van der Waals surface area (Å²) in [6.07, 6.45) is 4.83. The fourth-order valence-corrected chi connectivity index (χ4v) is 3.45. The zero-order chi connectivity index (χ0) is 17.3. The molecule has 2 aromatic heterocycles. The predicted molar refractivity (Wildman–Crippen MR) is 86.9 cm³/mol. The zero-order valence-electron chi connectivity index (χ0n) is 14.0. The molecule has 0 saturated carbocycles. The van der Waals surface area contributed by atoms with Crippen LogP contribution in [0.2, 0.25) is 0 Å². The summed E-state index contributed by atoms with van der Waals surface area (Å²) < 4.78 is 11.5. The van der Waals surface area contributed by atoms with Gasteiger partial charge in [0.2, 0.25) is 5.82 Å². The van der Waals surface area contributed by atoms with Gasteiger partial charge in [-0.25, -0.2) is 19.9 Å². The second-order valence-corrected chi connectivity index (χ2v) is 6.60. The summed E-state index contributed by atoms with van der Waals surface area (Å²) in [5, 5.41) is 0. The van der Waals surface area contributed by atoms with Crippen molar-refractivity contribution < 1.29 is 14.3 Å². The fraction of sp³-hybridized carbons (Fsp3) is 0.471. The zero-order valence-corrected chi connectivity index (χ0v) is 14.0. The van der Waals surface area contributed by atoms with Gasteiger partial charge in [-0.15, -0.1) is 0 Å². The van der Waals surface area contributed by atoms with Crippen LogP contribution in [0.1, 0.15) is 16.3 Å². The Morgan fingerprint density at radius 2 is 2.20 bits per heavy atom. The lowest BCUT2D eigenvalue weighted by Crippen LogP contribution is -2.38. The first-order valence-corrected chi connectivity index (χ1v) is 8.23. The van der Waals surface area contributed by atoms with E-state index in [0.717, 1.165) is 5.69 Å². The van der Waals surface area contributed by atoms with E-state index in [1.807, 2.05) is 13.0 Å². The van der Waals surface area contributed by atoms with Crippen LogP contribution in [-0.4, -0.2) is 63.7 Å². The first-order valence-electron chi connectivity index (χ1n) is 8.23. The topological polar surface area (TPSA) is 90.3 Å². The summed E-state index contributed by atoms with van der Waals surface area (Å²) in [4.78, 5) is 31.0. The minimum Gasteiger partial charge on any atom is -0.463 e. The molecule has 8 nitrogen and oxygen atoms in total. The van der Waals surface area contributed by atoms with Gasteiger partial charge >= 0.3 is 6.01 Å². The maximum Gasteiger partial charge on any atom is 0.316 e. The van der Waals surface area contributed by atoms with E-state index in [4.69, 9.17) is 9.47 Å². The van der Waals surface area contributed by atoms with Crippen molar-refractivity contribution in [1.29, 1.82) is 0 Å². The Hall–Kier alpha value is -2.61. The lowest BCUT2D eigenvalue weighted by molar-refractivity contribution is 0.0640. The predicted octanol–water partition coefficient (Wildman–Crippen LogP) is 0.743. The number of fused-ring (bicyclic) bond motifs is 1. The van der Waals surface area contributed by atoms with Gasteiger partial charge in [0, 0.05) is 43.3 Å². The molecule has 4 heterocycles. The third kappa shape index (κ3) is 3.05. The minimum atomic E-state index is -0.239. The largest absolute Gasteiger partial charge is 0.463 e. The van der Waals surface area contributed by atoms with E-state index < -0.39 is 0 Å². The van der Waals surface area contributed by atoms with E-state index in [1.165, 1.54) is 0 Å². The van der Waals surface area contributed by atoms with Gasteiger partial charge in [-0.2, -0.15) is 0 Å². The van der Waals surface area contributed by atoms with Crippen molar-refractivity contribution in [2.45, 2.75) is 6.92 Å². The van der Waals surface area contributed by atoms with Crippen LogP contribution in [0.25, 0.3) is 0 Å². The number of aryl methyl sites for hydroxylation is 1. The molecule has 1 amide bonds. The van der Waals surface area contributed by atoms with Gasteiger partial charge in [0.25, 0.3) is 5.91 Å². The van der Waals surface area contributed by atoms with E-state index in [-0.39, 0.29) is 23.1 Å². The first kappa shape index (κ1) is 15.9. The number of hydrogen-bond acceptors (Lipinski definition) is 7. The van der Waals surface area contributed by atoms with Crippen LogP contribution in [-0.2, 0) is 4.74 Å². The van der Waals surface area contributed by atoms with Crippen LogP contribution in [0.3, 0.4) is 0 Å². The van der Waals surface area contributed by atoms with Crippen molar-refractivity contribution in [3.05, 3.63) is 42.2 Å². The Balaban J connectivity index is 1.48. The molecule has 0 bridgehead atoms. The lowest BCUT2D eigenvalue weighted by atomic mass is 9.82. The van der Waals surface area contributed by atoms with E-state index in [0.29, 0.717) is 38.9 Å². The summed E-state index contributed by atoms with van der Waals surface area (Å²) in [6.45, 7) is 4.67. The Bertz CT molecular complexity index is 772. The van der Waals surface area contributed by atoms with Crippen molar-refractivity contribution in [3.63, 3.8) is 0 Å².